The number of hydrogen-bond donors (Lipinski definition) is 2. The average molecular weight is 274 g/mol. The maximum atomic E-state index is 9.33. The van der Waals surface area contributed by atoms with Gasteiger partial charge < -0.3 is 4.98 Å². The van der Waals surface area contributed by atoms with E-state index in [-0.39, 0.29) is 0 Å². The van der Waals surface area contributed by atoms with Crippen molar-refractivity contribution in [3.8, 4) is 6.07 Å². The van der Waals surface area contributed by atoms with E-state index in [9.17, 15) is 5.26 Å². The fourth-order valence-corrected chi connectivity index (χ4v) is 2.84. The average Bonchev–Trinajstić information content (AvgIpc) is 3.09. The first-order valence-electron chi connectivity index (χ1n) is 6.16. The van der Waals surface area contributed by atoms with Crippen molar-refractivity contribution in [1.29, 1.82) is 5.26 Å². The number of imidazole rings is 1. The lowest BCUT2D eigenvalue weighted by Crippen LogP contribution is -2.44. The monoisotopic (exact) mass is 274 g/mol. The van der Waals surface area contributed by atoms with Crippen molar-refractivity contribution < 1.29 is 0 Å². The van der Waals surface area contributed by atoms with E-state index in [0.29, 0.717) is 17.4 Å². The molecule has 1 atom stereocenters. The zero-order valence-corrected chi connectivity index (χ0v) is 11.4. The molecule has 1 aliphatic carbocycles. The predicted octanol–water partition coefficient (Wildman–Crippen LogP) is 1.48. The Labute approximate surface area is 115 Å². The molecular weight excluding hydrogens is 260 g/mol. The number of nitrogens with zero attached hydrogens (tertiary/aromatic N) is 4. The lowest BCUT2D eigenvalue weighted by Gasteiger charge is -2.22. The second-order valence-electron chi connectivity index (χ2n) is 4.93. The molecule has 1 fully saturated rings. The van der Waals surface area contributed by atoms with E-state index in [1.165, 1.54) is 19.2 Å². The van der Waals surface area contributed by atoms with Crippen molar-refractivity contribution in [2.75, 3.05) is 5.75 Å². The molecule has 0 spiro atoms. The third-order valence-corrected chi connectivity index (χ3v) is 4.34. The Morgan fingerprint density at radius 1 is 1.53 bits per heavy atom. The molecule has 1 saturated carbocycles. The molecule has 2 aromatic heterocycles. The second-order valence-corrected chi connectivity index (χ2v) is 5.90. The van der Waals surface area contributed by atoms with Gasteiger partial charge in [0.2, 0.25) is 0 Å². The number of aromatic nitrogens is 4. The second kappa shape index (κ2) is 4.79. The van der Waals surface area contributed by atoms with Crippen molar-refractivity contribution in [1.82, 2.24) is 25.3 Å². The number of rotatable bonds is 5. The number of nitriles is 1. The summed E-state index contributed by atoms with van der Waals surface area (Å²) in [6.07, 6.45) is 5.44. The molecule has 2 heterocycles. The summed E-state index contributed by atoms with van der Waals surface area (Å²) in [5, 5.41) is 13.5. The summed E-state index contributed by atoms with van der Waals surface area (Å²) in [6, 6.07) is 2.86. The van der Waals surface area contributed by atoms with Crippen molar-refractivity contribution in [3.63, 3.8) is 0 Å². The number of fused-ring (bicyclic) bond motifs is 1. The summed E-state index contributed by atoms with van der Waals surface area (Å²) in [5.41, 5.74) is 0.967. The highest BCUT2D eigenvalue weighted by Crippen LogP contribution is 2.28. The largest absolute Gasteiger partial charge is 0.341 e. The van der Waals surface area contributed by atoms with Crippen molar-refractivity contribution >= 4 is 22.9 Å². The quantitative estimate of drug-likeness (QED) is 0.634. The molecule has 0 bridgehead atoms. The van der Waals surface area contributed by atoms with Gasteiger partial charge in [-0.3, -0.25) is 5.32 Å². The van der Waals surface area contributed by atoms with Crippen molar-refractivity contribution in [3.05, 3.63) is 12.7 Å². The number of aromatic amines is 1. The summed E-state index contributed by atoms with van der Waals surface area (Å²) in [7, 11) is 0. The minimum atomic E-state index is -0.525. The van der Waals surface area contributed by atoms with Crippen LogP contribution >= 0.6 is 11.8 Å². The maximum Gasteiger partial charge on any atom is 0.181 e. The van der Waals surface area contributed by atoms with Gasteiger partial charge in [0.1, 0.15) is 22.4 Å². The highest BCUT2D eigenvalue weighted by atomic mass is 32.2. The molecule has 3 rings (SSSR count). The summed E-state index contributed by atoms with van der Waals surface area (Å²) in [6.45, 7) is 1.93. The Balaban J connectivity index is 1.74. The molecule has 2 N–H and O–H groups in total. The van der Waals surface area contributed by atoms with Gasteiger partial charge in [0.05, 0.1) is 12.4 Å². The third kappa shape index (κ3) is 2.69. The van der Waals surface area contributed by atoms with E-state index in [0.717, 1.165) is 10.5 Å². The van der Waals surface area contributed by atoms with Gasteiger partial charge in [0.15, 0.2) is 5.65 Å². The molecule has 0 aromatic carbocycles. The Kier molecular flexibility index (Phi) is 3.12. The molecule has 1 aliphatic rings. The normalized spacial score (nSPS) is 18.1. The van der Waals surface area contributed by atoms with E-state index < -0.39 is 5.54 Å². The molecule has 2 aromatic rings. The van der Waals surface area contributed by atoms with Crippen molar-refractivity contribution in [2.24, 2.45) is 0 Å². The Morgan fingerprint density at radius 2 is 2.37 bits per heavy atom. The van der Waals surface area contributed by atoms with Crippen LogP contribution in [0.2, 0.25) is 0 Å². The van der Waals surface area contributed by atoms with Crippen LogP contribution in [0.4, 0.5) is 0 Å². The van der Waals surface area contributed by atoms with Gasteiger partial charge in [-0.15, -0.1) is 11.8 Å². The lowest BCUT2D eigenvalue weighted by molar-refractivity contribution is 0.490. The first kappa shape index (κ1) is 12.4. The molecule has 98 valence electrons. The summed E-state index contributed by atoms with van der Waals surface area (Å²) in [4.78, 5) is 15.5. The molecule has 19 heavy (non-hydrogen) atoms. The SMILES string of the molecule is CC(C#N)(CSc1ncnc2nc[nH]c12)NC1CC1. The highest BCUT2D eigenvalue weighted by Gasteiger charge is 2.32. The van der Waals surface area contributed by atoms with Crippen LogP contribution in [0.25, 0.3) is 11.2 Å². The highest BCUT2D eigenvalue weighted by molar-refractivity contribution is 7.99. The molecule has 0 aliphatic heterocycles. The van der Waals surface area contributed by atoms with Gasteiger partial charge in [-0.05, 0) is 19.8 Å². The smallest absolute Gasteiger partial charge is 0.181 e. The van der Waals surface area contributed by atoms with Gasteiger partial charge in [-0.1, -0.05) is 0 Å². The van der Waals surface area contributed by atoms with E-state index in [4.69, 9.17) is 0 Å². The minimum Gasteiger partial charge on any atom is -0.341 e. The Bertz CT molecular complexity index is 628. The van der Waals surface area contributed by atoms with E-state index in [1.807, 2.05) is 6.92 Å². The van der Waals surface area contributed by atoms with Gasteiger partial charge >= 0.3 is 0 Å². The Hall–Kier alpha value is -1.65. The zero-order valence-electron chi connectivity index (χ0n) is 10.6. The van der Waals surface area contributed by atoms with Crippen LogP contribution in [0.15, 0.2) is 17.7 Å². The number of nitrogens with one attached hydrogen (secondary N) is 2. The standard InChI is InChI=1S/C12H14N6S/c1-12(4-13,18-8-2-3-8)5-19-11-9-10(15-6-14-9)16-7-17-11/h6-8,18H,2-3,5H2,1H3,(H,14,15,16,17). The molecule has 0 saturated heterocycles. The number of H-pyrrole nitrogens is 1. The third-order valence-electron chi connectivity index (χ3n) is 3.03. The van der Waals surface area contributed by atoms with E-state index >= 15 is 0 Å². The van der Waals surface area contributed by atoms with Gasteiger partial charge in [-0.2, -0.15) is 5.26 Å². The van der Waals surface area contributed by atoms with Crippen LogP contribution in [-0.2, 0) is 0 Å². The van der Waals surface area contributed by atoms with Crippen LogP contribution in [0.5, 0.6) is 0 Å². The predicted molar refractivity (Wildman–Crippen MR) is 72.6 cm³/mol. The zero-order chi connectivity index (χ0) is 13.3. The minimum absolute atomic E-state index is 0.503. The number of hydrogen-bond acceptors (Lipinski definition) is 6. The molecule has 0 amide bonds. The Morgan fingerprint density at radius 3 is 3.11 bits per heavy atom. The summed E-state index contributed by atoms with van der Waals surface area (Å²) >= 11 is 1.55. The topological polar surface area (TPSA) is 90.3 Å². The molecule has 0 radical (unpaired) electrons. The molecular formula is C12H14N6S. The van der Waals surface area contributed by atoms with Crippen LogP contribution in [0.3, 0.4) is 0 Å². The van der Waals surface area contributed by atoms with Crippen LogP contribution in [0.1, 0.15) is 19.8 Å². The van der Waals surface area contributed by atoms with Gasteiger partial charge in [0.25, 0.3) is 0 Å². The van der Waals surface area contributed by atoms with E-state index in [1.54, 1.807) is 18.1 Å². The van der Waals surface area contributed by atoms with Gasteiger partial charge in [0, 0.05) is 11.8 Å². The van der Waals surface area contributed by atoms with Crippen LogP contribution in [-0.4, -0.2) is 37.3 Å². The fraction of sp³-hybridized carbons (Fsp3) is 0.500. The van der Waals surface area contributed by atoms with Crippen LogP contribution in [0, 0.1) is 11.3 Å². The molecule has 7 heteroatoms. The van der Waals surface area contributed by atoms with Crippen LogP contribution < -0.4 is 5.32 Å². The van der Waals surface area contributed by atoms with E-state index in [2.05, 4.69) is 31.3 Å². The van der Waals surface area contributed by atoms with Gasteiger partial charge in [-0.25, -0.2) is 15.0 Å². The summed E-state index contributed by atoms with van der Waals surface area (Å²) < 4.78 is 0. The molecule has 6 nitrogen and oxygen atoms in total. The first-order chi connectivity index (χ1) is 9.20. The lowest BCUT2D eigenvalue weighted by atomic mass is 10.1. The fourth-order valence-electron chi connectivity index (χ4n) is 1.85. The maximum absolute atomic E-state index is 9.33. The van der Waals surface area contributed by atoms with Crippen molar-refractivity contribution in [2.45, 2.75) is 36.4 Å². The molecule has 1 unspecified atom stereocenters. The number of thioether (sulfide) groups is 1. The summed E-state index contributed by atoms with van der Waals surface area (Å²) in [5.74, 6) is 0.644. The first-order valence-corrected chi connectivity index (χ1v) is 7.14.